The third-order valence-corrected chi connectivity index (χ3v) is 4.56. The van der Waals surface area contributed by atoms with E-state index in [1.807, 2.05) is 0 Å². The number of alkyl halides is 1. The summed E-state index contributed by atoms with van der Waals surface area (Å²) in [7, 11) is 0. The molecular formula is C9H12BrClS. The first kappa shape index (κ1) is 10.6. The highest BCUT2D eigenvalue weighted by Gasteiger charge is 2.10. The van der Waals surface area contributed by atoms with Crippen LogP contribution < -0.4 is 0 Å². The average Bonchev–Trinajstić information content (AvgIpc) is 2.33. The number of hydrogen-bond acceptors (Lipinski definition) is 1. The summed E-state index contributed by atoms with van der Waals surface area (Å²) in [5.41, 5.74) is 1.29. The van der Waals surface area contributed by atoms with Crippen molar-refractivity contribution in [2.45, 2.75) is 32.1 Å². The lowest BCUT2D eigenvalue weighted by Crippen LogP contribution is -1.83. The second kappa shape index (κ2) is 4.64. The first-order valence-corrected chi connectivity index (χ1v) is 6.09. The molecule has 0 aromatic carbocycles. The summed E-state index contributed by atoms with van der Waals surface area (Å²) in [4.78, 5) is 1.28. The van der Waals surface area contributed by atoms with E-state index in [2.05, 4.69) is 35.8 Å². The van der Waals surface area contributed by atoms with Gasteiger partial charge in [-0.1, -0.05) is 13.3 Å². The molecule has 12 heavy (non-hydrogen) atoms. The molecule has 0 saturated carbocycles. The predicted molar refractivity (Wildman–Crippen MR) is 60.3 cm³/mol. The molecule has 0 radical (unpaired) electrons. The lowest BCUT2D eigenvalue weighted by molar-refractivity contribution is 0.779. The standard InChI is InChI=1S/C9H12BrClS/c1-3-4-7(11)8-5-6(2)9(10)12-8/h5,7H,3-4H2,1-2H3. The van der Waals surface area contributed by atoms with Gasteiger partial charge in [-0.25, -0.2) is 0 Å². The van der Waals surface area contributed by atoms with Crippen LogP contribution in [0.25, 0.3) is 0 Å². The minimum Gasteiger partial charge on any atom is -0.131 e. The van der Waals surface area contributed by atoms with Gasteiger partial charge in [0, 0.05) is 4.88 Å². The molecule has 1 aromatic rings. The summed E-state index contributed by atoms with van der Waals surface area (Å²) in [5.74, 6) is 0. The Labute approximate surface area is 91.1 Å². The predicted octanol–water partition coefficient (Wildman–Crippen LogP) is 4.90. The van der Waals surface area contributed by atoms with Gasteiger partial charge in [-0.15, -0.1) is 22.9 Å². The molecule has 0 aliphatic carbocycles. The normalized spacial score (nSPS) is 13.3. The summed E-state index contributed by atoms with van der Waals surface area (Å²) < 4.78 is 1.21. The van der Waals surface area contributed by atoms with Gasteiger partial charge in [0.2, 0.25) is 0 Å². The van der Waals surface area contributed by atoms with E-state index in [1.165, 1.54) is 14.2 Å². The van der Waals surface area contributed by atoms with Gasteiger partial charge in [-0.3, -0.25) is 0 Å². The van der Waals surface area contributed by atoms with Crippen LogP contribution in [0.5, 0.6) is 0 Å². The summed E-state index contributed by atoms with van der Waals surface area (Å²) >= 11 is 11.4. The maximum atomic E-state index is 6.18. The van der Waals surface area contributed by atoms with E-state index in [1.54, 1.807) is 11.3 Å². The van der Waals surface area contributed by atoms with Crippen molar-refractivity contribution in [2.75, 3.05) is 0 Å². The highest BCUT2D eigenvalue weighted by atomic mass is 79.9. The minimum atomic E-state index is 0.199. The van der Waals surface area contributed by atoms with Crippen molar-refractivity contribution in [3.8, 4) is 0 Å². The Balaban J connectivity index is 2.74. The largest absolute Gasteiger partial charge is 0.131 e. The van der Waals surface area contributed by atoms with Gasteiger partial charge in [-0.05, 0) is 40.9 Å². The number of rotatable bonds is 3. The average molecular weight is 268 g/mol. The molecule has 0 fully saturated rings. The van der Waals surface area contributed by atoms with Gasteiger partial charge in [0.05, 0.1) is 9.16 Å². The molecule has 1 atom stereocenters. The lowest BCUT2D eigenvalue weighted by Gasteiger charge is -2.02. The maximum Gasteiger partial charge on any atom is 0.0731 e. The van der Waals surface area contributed by atoms with Crippen LogP contribution in [0.4, 0.5) is 0 Å². The fourth-order valence-corrected chi connectivity index (χ4v) is 3.03. The van der Waals surface area contributed by atoms with Crippen molar-refractivity contribution >= 4 is 38.9 Å². The van der Waals surface area contributed by atoms with E-state index in [0.29, 0.717) is 0 Å². The van der Waals surface area contributed by atoms with Crippen molar-refractivity contribution < 1.29 is 0 Å². The zero-order valence-electron chi connectivity index (χ0n) is 7.23. The molecule has 0 aliphatic heterocycles. The van der Waals surface area contributed by atoms with Gasteiger partial charge < -0.3 is 0 Å². The Hall–Kier alpha value is 0.470. The monoisotopic (exact) mass is 266 g/mol. The first-order chi connectivity index (χ1) is 5.65. The molecular weight excluding hydrogens is 256 g/mol. The Bertz CT molecular complexity index is 238. The Morgan fingerprint density at radius 3 is 2.75 bits per heavy atom. The van der Waals surface area contributed by atoms with Crippen LogP contribution in [0.1, 0.15) is 35.6 Å². The van der Waals surface area contributed by atoms with Crippen molar-refractivity contribution in [3.05, 3.63) is 20.3 Å². The highest BCUT2D eigenvalue weighted by Crippen LogP contribution is 2.36. The van der Waals surface area contributed by atoms with Gasteiger partial charge in [0.25, 0.3) is 0 Å². The van der Waals surface area contributed by atoms with Crippen molar-refractivity contribution in [1.82, 2.24) is 0 Å². The fraction of sp³-hybridized carbons (Fsp3) is 0.556. The quantitative estimate of drug-likeness (QED) is 0.683. The Kier molecular flexibility index (Phi) is 4.08. The SMILES string of the molecule is CCCC(Cl)c1cc(C)c(Br)s1. The van der Waals surface area contributed by atoms with E-state index in [0.717, 1.165) is 12.8 Å². The van der Waals surface area contributed by atoms with E-state index in [-0.39, 0.29) is 5.38 Å². The van der Waals surface area contributed by atoms with Crippen LogP contribution in [-0.2, 0) is 0 Å². The van der Waals surface area contributed by atoms with Crippen LogP contribution in [0.15, 0.2) is 9.85 Å². The molecule has 1 heterocycles. The minimum absolute atomic E-state index is 0.199. The second-order valence-electron chi connectivity index (χ2n) is 2.86. The van der Waals surface area contributed by atoms with E-state index in [4.69, 9.17) is 11.6 Å². The fourth-order valence-electron chi connectivity index (χ4n) is 1.03. The van der Waals surface area contributed by atoms with Crippen molar-refractivity contribution in [1.29, 1.82) is 0 Å². The summed E-state index contributed by atoms with van der Waals surface area (Å²) in [5, 5.41) is 0.199. The molecule has 1 aromatic heterocycles. The number of thiophene rings is 1. The number of halogens is 2. The van der Waals surface area contributed by atoms with Crippen LogP contribution >= 0.6 is 38.9 Å². The van der Waals surface area contributed by atoms with Gasteiger partial charge >= 0.3 is 0 Å². The third kappa shape index (κ3) is 2.48. The molecule has 1 rings (SSSR count). The van der Waals surface area contributed by atoms with Crippen LogP contribution in [0.3, 0.4) is 0 Å². The van der Waals surface area contributed by atoms with E-state index >= 15 is 0 Å². The Morgan fingerprint density at radius 2 is 2.33 bits per heavy atom. The molecule has 0 spiro atoms. The lowest BCUT2D eigenvalue weighted by atomic mass is 10.2. The van der Waals surface area contributed by atoms with E-state index < -0.39 is 0 Å². The zero-order valence-corrected chi connectivity index (χ0v) is 10.4. The molecule has 0 nitrogen and oxygen atoms in total. The highest BCUT2D eigenvalue weighted by molar-refractivity contribution is 9.11. The molecule has 0 aliphatic rings. The van der Waals surface area contributed by atoms with Crippen LogP contribution in [-0.4, -0.2) is 0 Å². The summed E-state index contributed by atoms with van der Waals surface area (Å²) in [6.45, 7) is 4.25. The maximum absolute atomic E-state index is 6.18. The topological polar surface area (TPSA) is 0 Å². The Morgan fingerprint density at radius 1 is 1.67 bits per heavy atom. The third-order valence-electron chi connectivity index (χ3n) is 1.73. The molecule has 0 N–H and O–H groups in total. The van der Waals surface area contributed by atoms with E-state index in [9.17, 15) is 0 Å². The molecule has 0 amide bonds. The van der Waals surface area contributed by atoms with Crippen LogP contribution in [0.2, 0.25) is 0 Å². The van der Waals surface area contributed by atoms with Gasteiger partial charge in [0.15, 0.2) is 0 Å². The molecule has 0 saturated heterocycles. The van der Waals surface area contributed by atoms with Crippen molar-refractivity contribution in [3.63, 3.8) is 0 Å². The summed E-state index contributed by atoms with van der Waals surface area (Å²) in [6, 6.07) is 2.17. The van der Waals surface area contributed by atoms with Crippen molar-refractivity contribution in [2.24, 2.45) is 0 Å². The first-order valence-electron chi connectivity index (χ1n) is 4.05. The molecule has 0 bridgehead atoms. The van der Waals surface area contributed by atoms with Crippen LogP contribution in [0, 0.1) is 6.92 Å². The number of hydrogen-bond donors (Lipinski definition) is 0. The number of aryl methyl sites for hydroxylation is 1. The van der Waals surface area contributed by atoms with Gasteiger partial charge in [-0.2, -0.15) is 0 Å². The molecule has 68 valence electrons. The molecule has 1 unspecified atom stereocenters. The smallest absolute Gasteiger partial charge is 0.0731 e. The zero-order chi connectivity index (χ0) is 9.14. The summed E-state index contributed by atoms with van der Waals surface area (Å²) in [6.07, 6.45) is 2.21. The second-order valence-corrected chi connectivity index (χ2v) is 5.79. The molecule has 3 heteroatoms. The van der Waals surface area contributed by atoms with Gasteiger partial charge in [0.1, 0.15) is 0 Å².